The molecule has 236 valence electrons. The van der Waals surface area contributed by atoms with Crippen LogP contribution in [0.4, 0.5) is 21.9 Å². The van der Waals surface area contributed by atoms with E-state index in [4.69, 9.17) is 14.2 Å². The Balaban J connectivity index is 1.39. The molecular weight excluding hydrogens is 570 g/mol. The number of anilines is 3. The number of rotatable bonds is 12. The molecule has 0 bridgehead atoms. The van der Waals surface area contributed by atoms with Gasteiger partial charge in [0, 0.05) is 24.1 Å². The normalized spacial score (nSPS) is 14.6. The standard InChI is InChI=1S/C36H41N3O6/c1-25(17-19-31(40)44-23-22-38-20-10-11-21-38)16-18-29-33(32-30(24-45-35(32)41)26(2)34(29)43-3)37-36(42)39(27-12-6-4-7-13-27)28-14-8-5-9-15-28/h4-9,12-16H,10-11,17-24H2,1-3H3,(H,37,42)/b25-16+. The highest BCUT2D eigenvalue weighted by Gasteiger charge is 2.33. The van der Waals surface area contributed by atoms with Gasteiger partial charge < -0.3 is 19.5 Å². The first kappa shape index (κ1) is 31.8. The molecule has 9 heteroatoms. The van der Waals surface area contributed by atoms with Gasteiger partial charge >= 0.3 is 18.0 Å². The fraction of sp³-hybridized carbons (Fsp3) is 0.361. The maximum Gasteiger partial charge on any atom is 0.341 e. The third-order valence-corrected chi connectivity index (χ3v) is 8.39. The fourth-order valence-corrected chi connectivity index (χ4v) is 5.94. The number of benzene rings is 3. The molecule has 45 heavy (non-hydrogen) atoms. The number of hydrogen-bond donors (Lipinski definition) is 1. The lowest BCUT2D eigenvalue weighted by Gasteiger charge is -2.26. The number of urea groups is 1. The van der Waals surface area contributed by atoms with Crippen LogP contribution >= 0.6 is 0 Å². The molecule has 1 fully saturated rings. The molecule has 0 radical (unpaired) electrons. The summed E-state index contributed by atoms with van der Waals surface area (Å²) in [6.07, 6.45) is 5.60. The highest BCUT2D eigenvalue weighted by Crippen LogP contribution is 2.42. The molecule has 9 nitrogen and oxygen atoms in total. The highest BCUT2D eigenvalue weighted by molar-refractivity contribution is 6.11. The minimum Gasteiger partial charge on any atom is -0.496 e. The Morgan fingerprint density at radius 2 is 1.64 bits per heavy atom. The predicted molar refractivity (Wildman–Crippen MR) is 174 cm³/mol. The maximum absolute atomic E-state index is 14.1. The van der Waals surface area contributed by atoms with E-state index in [0.29, 0.717) is 59.0 Å². The Morgan fingerprint density at radius 1 is 1.00 bits per heavy atom. The van der Waals surface area contributed by atoms with Gasteiger partial charge in [-0.2, -0.15) is 0 Å². The second kappa shape index (κ2) is 14.9. The number of carbonyl (C=O) groups excluding carboxylic acids is 3. The Labute approximate surface area is 264 Å². The van der Waals surface area contributed by atoms with Gasteiger partial charge in [0.05, 0.1) is 29.7 Å². The van der Waals surface area contributed by atoms with Crippen LogP contribution in [-0.4, -0.2) is 56.2 Å². The minimum atomic E-state index is -0.490. The van der Waals surface area contributed by atoms with Crippen molar-refractivity contribution in [3.63, 3.8) is 0 Å². The van der Waals surface area contributed by atoms with Crippen molar-refractivity contribution in [1.29, 1.82) is 0 Å². The zero-order chi connectivity index (χ0) is 31.8. The van der Waals surface area contributed by atoms with Crippen molar-refractivity contribution in [2.24, 2.45) is 0 Å². The van der Waals surface area contributed by atoms with E-state index >= 15 is 0 Å². The summed E-state index contributed by atoms with van der Waals surface area (Å²) in [4.78, 5) is 43.4. The Bertz CT molecular complexity index is 1510. The molecule has 2 heterocycles. The molecule has 3 aromatic carbocycles. The highest BCUT2D eigenvalue weighted by atomic mass is 16.5. The first-order chi connectivity index (χ1) is 21.9. The van der Waals surface area contributed by atoms with Crippen LogP contribution in [0.15, 0.2) is 72.3 Å². The lowest BCUT2D eigenvalue weighted by molar-refractivity contribution is -0.143. The number of amides is 2. The monoisotopic (exact) mass is 611 g/mol. The molecule has 5 rings (SSSR count). The quantitative estimate of drug-likeness (QED) is 0.175. The topological polar surface area (TPSA) is 97.4 Å². The average molecular weight is 612 g/mol. The van der Waals surface area contributed by atoms with Gasteiger partial charge in [0.1, 0.15) is 19.0 Å². The lowest BCUT2D eigenvalue weighted by Crippen LogP contribution is -2.32. The second-order valence-electron chi connectivity index (χ2n) is 11.4. The summed E-state index contributed by atoms with van der Waals surface area (Å²) in [5, 5.41) is 3.06. The van der Waals surface area contributed by atoms with E-state index in [2.05, 4.69) is 10.2 Å². The van der Waals surface area contributed by atoms with Crippen molar-refractivity contribution in [1.82, 2.24) is 4.90 Å². The number of nitrogens with zero attached hydrogens (tertiary/aromatic N) is 2. The second-order valence-corrected chi connectivity index (χ2v) is 11.4. The molecule has 3 aromatic rings. The van der Waals surface area contributed by atoms with Crippen LogP contribution in [0.1, 0.15) is 59.7 Å². The summed E-state index contributed by atoms with van der Waals surface area (Å²) in [7, 11) is 1.58. The van der Waals surface area contributed by atoms with E-state index in [1.807, 2.05) is 80.6 Å². The summed E-state index contributed by atoms with van der Waals surface area (Å²) in [6.45, 7) is 7.29. The molecule has 1 N–H and O–H groups in total. The number of hydrogen-bond acceptors (Lipinski definition) is 7. The van der Waals surface area contributed by atoms with Gasteiger partial charge in [0.15, 0.2) is 0 Å². The van der Waals surface area contributed by atoms with Crippen LogP contribution in [0.3, 0.4) is 0 Å². The molecule has 1 saturated heterocycles. The predicted octanol–water partition coefficient (Wildman–Crippen LogP) is 6.95. The molecule has 0 saturated carbocycles. The number of para-hydroxylation sites is 2. The summed E-state index contributed by atoms with van der Waals surface area (Å²) in [5.41, 5.74) is 5.18. The first-order valence-corrected chi connectivity index (χ1v) is 15.5. The van der Waals surface area contributed by atoms with Crippen molar-refractivity contribution in [2.45, 2.75) is 52.6 Å². The summed E-state index contributed by atoms with van der Waals surface area (Å²) in [6, 6.07) is 18.2. The Morgan fingerprint density at radius 3 is 2.27 bits per heavy atom. The number of cyclic esters (lactones) is 1. The maximum atomic E-state index is 14.1. The van der Waals surface area contributed by atoms with E-state index in [-0.39, 0.29) is 19.0 Å². The van der Waals surface area contributed by atoms with Crippen LogP contribution in [0.2, 0.25) is 0 Å². The van der Waals surface area contributed by atoms with Crippen molar-refractivity contribution in [3.05, 3.63) is 94.6 Å². The van der Waals surface area contributed by atoms with Gasteiger partial charge in [-0.1, -0.05) is 48.0 Å². The molecule has 2 amide bonds. The van der Waals surface area contributed by atoms with Crippen LogP contribution in [0.5, 0.6) is 5.75 Å². The van der Waals surface area contributed by atoms with Crippen LogP contribution in [-0.2, 0) is 27.3 Å². The van der Waals surface area contributed by atoms with Gasteiger partial charge in [-0.25, -0.2) is 9.59 Å². The van der Waals surface area contributed by atoms with Gasteiger partial charge in [-0.3, -0.25) is 14.6 Å². The number of likely N-dealkylation sites (tertiary alicyclic amines) is 1. The molecule has 2 aliphatic rings. The van der Waals surface area contributed by atoms with Crippen LogP contribution in [0, 0.1) is 6.92 Å². The van der Waals surface area contributed by atoms with Crippen molar-refractivity contribution in [3.8, 4) is 5.75 Å². The van der Waals surface area contributed by atoms with E-state index < -0.39 is 12.0 Å². The number of allylic oxidation sites excluding steroid dienone is 2. The van der Waals surface area contributed by atoms with Gasteiger partial charge in [-0.05, 0) is 82.4 Å². The number of carbonyl (C=O) groups is 3. The molecule has 2 aliphatic heterocycles. The SMILES string of the molecule is COc1c(C)c2c(c(NC(=O)N(c3ccccc3)c3ccccc3)c1C/C=C(\C)CCC(=O)OCCN1CCCC1)C(=O)OC2. The average Bonchev–Trinajstić information content (AvgIpc) is 3.72. The van der Waals surface area contributed by atoms with E-state index in [1.54, 1.807) is 12.0 Å². The third-order valence-electron chi connectivity index (χ3n) is 8.39. The number of ether oxygens (including phenoxy) is 3. The molecular formula is C36H41N3O6. The van der Waals surface area contributed by atoms with Crippen LogP contribution < -0.4 is 15.0 Å². The summed E-state index contributed by atoms with van der Waals surface area (Å²) >= 11 is 0. The largest absolute Gasteiger partial charge is 0.496 e. The van der Waals surface area contributed by atoms with Crippen molar-refractivity contribution in [2.75, 3.05) is 43.6 Å². The van der Waals surface area contributed by atoms with Crippen LogP contribution in [0.25, 0.3) is 0 Å². The molecule has 0 aromatic heterocycles. The molecule has 0 atom stereocenters. The molecule has 0 unspecified atom stereocenters. The molecule has 0 spiro atoms. The Kier molecular flexibility index (Phi) is 10.5. The van der Waals surface area contributed by atoms with Gasteiger partial charge in [0.2, 0.25) is 0 Å². The van der Waals surface area contributed by atoms with Gasteiger partial charge in [0.25, 0.3) is 0 Å². The first-order valence-electron chi connectivity index (χ1n) is 15.5. The molecule has 0 aliphatic carbocycles. The van der Waals surface area contributed by atoms with Crippen molar-refractivity contribution < 1.29 is 28.6 Å². The van der Waals surface area contributed by atoms with E-state index in [0.717, 1.165) is 30.8 Å². The zero-order valence-corrected chi connectivity index (χ0v) is 26.3. The number of methoxy groups -OCH3 is 1. The van der Waals surface area contributed by atoms with E-state index in [1.165, 1.54) is 12.8 Å². The third kappa shape index (κ3) is 7.54. The fourth-order valence-electron chi connectivity index (χ4n) is 5.94. The number of esters is 2. The lowest BCUT2D eigenvalue weighted by atomic mass is 9.93. The Hall–Kier alpha value is -4.63. The zero-order valence-electron chi connectivity index (χ0n) is 26.3. The number of fused-ring (bicyclic) bond motifs is 1. The number of nitrogens with one attached hydrogen (secondary N) is 1. The smallest absolute Gasteiger partial charge is 0.341 e. The van der Waals surface area contributed by atoms with E-state index in [9.17, 15) is 14.4 Å². The van der Waals surface area contributed by atoms with Gasteiger partial charge in [-0.15, -0.1) is 0 Å². The summed E-state index contributed by atoms with van der Waals surface area (Å²) in [5.74, 6) is -0.125. The van der Waals surface area contributed by atoms with Crippen molar-refractivity contribution >= 4 is 35.0 Å². The summed E-state index contributed by atoms with van der Waals surface area (Å²) < 4.78 is 16.8. The minimum absolute atomic E-state index is 0.106.